The highest BCUT2D eigenvalue weighted by Gasteiger charge is 2.16. The standard InChI is InChI=1S/C13H15BrClNO3/c1-2-3-9(7-12(17)18)16-13(19)8-4-5-11(15)10(14)6-8/h4-6,9H,2-3,7H2,1H3,(H,16,19)(H,17,18). The molecule has 6 heteroatoms. The van der Waals surface area contributed by atoms with Crippen molar-refractivity contribution in [3.63, 3.8) is 0 Å². The van der Waals surface area contributed by atoms with Crippen LogP contribution < -0.4 is 5.32 Å². The van der Waals surface area contributed by atoms with E-state index in [4.69, 9.17) is 16.7 Å². The second-order valence-electron chi connectivity index (χ2n) is 4.19. The van der Waals surface area contributed by atoms with Crippen molar-refractivity contribution in [2.75, 3.05) is 0 Å². The lowest BCUT2D eigenvalue weighted by molar-refractivity contribution is -0.137. The average molecular weight is 349 g/mol. The molecule has 0 aliphatic rings. The molecule has 1 unspecified atom stereocenters. The van der Waals surface area contributed by atoms with Crippen LogP contribution in [-0.2, 0) is 4.79 Å². The molecule has 1 atom stereocenters. The normalized spacial score (nSPS) is 11.9. The summed E-state index contributed by atoms with van der Waals surface area (Å²) in [5.74, 6) is -1.21. The summed E-state index contributed by atoms with van der Waals surface area (Å²) in [6, 6.07) is 4.48. The van der Waals surface area contributed by atoms with Gasteiger partial charge in [0.25, 0.3) is 5.91 Å². The van der Waals surface area contributed by atoms with Gasteiger partial charge in [-0.3, -0.25) is 9.59 Å². The molecule has 0 aliphatic heterocycles. The first-order chi connectivity index (χ1) is 8.93. The minimum absolute atomic E-state index is 0.0751. The molecule has 0 heterocycles. The number of carbonyl (C=O) groups excluding carboxylic acids is 1. The van der Waals surface area contributed by atoms with Crippen molar-refractivity contribution in [3.05, 3.63) is 33.3 Å². The van der Waals surface area contributed by atoms with Crippen LogP contribution in [0.1, 0.15) is 36.5 Å². The van der Waals surface area contributed by atoms with Crippen molar-refractivity contribution < 1.29 is 14.7 Å². The molecular formula is C13H15BrClNO3. The van der Waals surface area contributed by atoms with Crippen molar-refractivity contribution >= 4 is 39.4 Å². The second kappa shape index (κ2) is 7.50. The van der Waals surface area contributed by atoms with E-state index in [1.807, 2.05) is 6.92 Å². The van der Waals surface area contributed by atoms with E-state index >= 15 is 0 Å². The first kappa shape index (κ1) is 16.0. The fraction of sp³-hybridized carbons (Fsp3) is 0.385. The number of rotatable bonds is 6. The average Bonchev–Trinajstić information content (AvgIpc) is 2.32. The number of hydrogen-bond acceptors (Lipinski definition) is 2. The van der Waals surface area contributed by atoms with Gasteiger partial charge >= 0.3 is 5.97 Å². The molecule has 0 spiro atoms. The molecule has 1 rings (SSSR count). The van der Waals surface area contributed by atoms with E-state index in [9.17, 15) is 9.59 Å². The van der Waals surface area contributed by atoms with Gasteiger partial charge in [-0.2, -0.15) is 0 Å². The Hall–Kier alpha value is -1.07. The predicted octanol–water partition coefficient (Wildman–Crippen LogP) is 3.48. The van der Waals surface area contributed by atoms with Gasteiger partial charge in [0.2, 0.25) is 0 Å². The van der Waals surface area contributed by atoms with E-state index < -0.39 is 5.97 Å². The van der Waals surface area contributed by atoms with Gasteiger partial charge < -0.3 is 10.4 Å². The maximum atomic E-state index is 12.0. The van der Waals surface area contributed by atoms with Gasteiger partial charge in [0.1, 0.15) is 0 Å². The maximum Gasteiger partial charge on any atom is 0.305 e. The van der Waals surface area contributed by atoms with Crippen LogP contribution in [0.4, 0.5) is 0 Å². The molecule has 0 fully saturated rings. The summed E-state index contributed by atoms with van der Waals surface area (Å²) >= 11 is 9.10. The zero-order valence-electron chi connectivity index (χ0n) is 10.5. The van der Waals surface area contributed by atoms with E-state index in [1.54, 1.807) is 18.2 Å². The zero-order chi connectivity index (χ0) is 14.4. The molecule has 0 saturated carbocycles. The third-order valence-corrected chi connectivity index (χ3v) is 3.79. The van der Waals surface area contributed by atoms with Gasteiger partial charge in [-0.25, -0.2) is 0 Å². The van der Waals surface area contributed by atoms with Crippen LogP contribution in [0.2, 0.25) is 5.02 Å². The Bertz CT molecular complexity index is 479. The molecule has 1 amide bonds. The molecule has 0 radical (unpaired) electrons. The van der Waals surface area contributed by atoms with Gasteiger partial charge in [-0.15, -0.1) is 0 Å². The smallest absolute Gasteiger partial charge is 0.305 e. The lowest BCUT2D eigenvalue weighted by atomic mass is 10.1. The fourth-order valence-electron chi connectivity index (χ4n) is 1.69. The number of benzene rings is 1. The topological polar surface area (TPSA) is 66.4 Å². The Kier molecular flexibility index (Phi) is 6.31. The molecule has 0 saturated heterocycles. The Balaban J connectivity index is 2.75. The number of carbonyl (C=O) groups is 2. The van der Waals surface area contributed by atoms with Gasteiger partial charge in [0.05, 0.1) is 11.4 Å². The number of halogens is 2. The van der Waals surface area contributed by atoms with Gasteiger partial charge in [-0.1, -0.05) is 24.9 Å². The number of aliphatic carboxylic acids is 1. The quantitative estimate of drug-likeness (QED) is 0.827. The van der Waals surface area contributed by atoms with Gasteiger partial charge in [0.15, 0.2) is 0 Å². The Morgan fingerprint density at radius 1 is 1.47 bits per heavy atom. The monoisotopic (exact) mass is 347 g/mol. The first-order valence-electron chi connectivity index (χ1n) is 5.91. The summed E-state index contributed by atoms with van der Waals surface area (Å²) in [4.78, 5) is 22.7. The predicted molar refractivity (Wildman–Crippen MR) is 77.6 cm³/mol. The Labute approximate surface area is 125 Å². The van der Waals surface area contributed by atoms with Crippen molar-refractivity contribution in [1.82, 2.24) is 5.32 Å². The summed E-state index contributed by atoms with van der Waals surface area (Å²) in [5, 5.41) is 12.0. The van der Waals surface area contributed by atoms with Crippen molar-refractivity contribution in [2.45, 2.75) is 32.2 Å². The van der Waals surface area contributed by atoms with Crippen LogP contribution in [0.25, 0.3) is 0 Å². The SMILES string of the molecule is CCCC(CC(=O)O)NC(=O)c1ccc(Cl)c(Br)c1. The highest BCUT2D eigenvalue weighted by Crippen LogP contribution is 2.23. The highest BCUT2D eigenvalue weighted by atomic mass is 79.9. The molecule has 1 aromatic carbocycles. The van der Waals surface area contributed by atoms with Crippen molar-refractivity contribution in [3.8, 4) is 0 Å². The van der Waals surface area contributed by atoms with E-state index in [0.717, 1.165) is 6.42 Å². The minimum atomic E-state index is -0.920. The van der Waals surface area contributed by atoms with Gasteiger partial charge in [-0.05, 0) is 40.5 Å². The number of hydrogen-bond donors (Lipinski definition) is 2. The lowest BCUT2D eigenvalue weighted by Gasteiger charge is -2.16. The van der Waals surface area contributed by atoms with Crippen LogP contribution in [0.15, 0.2) is 22.7 Å². The summed E-state index contributed by atoms with van der Waals surface area (Å²) in [7, 11) is 0. The molecule has 0 aliphatic carbocycles. The third-order valence-electron chi connectivity index (χ3n) is 2.58. The summed E-state index contributed by atoms with van der Waals surface area (Å²) in [5.41, 5.74) is 0.447. The van der Waals surface area contributed by atoms with E-state index in [1.165, 1.54) is 0 Å². The number of carboxylic acid groups (broad SMARTS) is 1. The minimum Gasteiger partial charge on any atom is -0.481 e. The van der Waals surface area contributed by atoms with Crippen LogP contribution in [0, 0.1) is 0 Å². The fourth-order valence-corrected chi connectivity index (χ4v) is 2.19. The van der Waals surface area contributed by atoms with E-state index in [2.05, 4.69) is 21.2 Å². The molecule has 19 heavy (non-hydrogen) atoms. The Morgan fingerprint density at radius 3 is 2.68 bits per heavy atom. The summed E-state index contributed by atoms with van der Waals surface area (Å²) in [6.07, 6.45) is 1.36. The molecular weight excluding hydrogens is 334 g/mol. The van der Waals surface area contributed by atoms with Crippen LogP contribution in [-0.4, -0.2) is 23.0 Å². The van der Waals surface area contributed by atoms with E-state index in [-0.39, 0.29) is 18.4 Å². The molecule has 4 nitrogen and oxygen atoms in total. The van der Waals surface area contributed by atoms with Crippen LogP contribution in [0.3, 0.4) is 0 Å². The molecule has 0 aromatic heterocycles. The molecule has 0 bridgehead atoms. The largest absolute Gasteiger partial charge is 0.481 e. The second-order valence-corrected chi connectivity index (χ2v) is 5.45. The lowest BCUT2D eigenvalue weighted by Crippen LogP contribution is -2.36. The number of amides is 1. The third kappa shape index (κ3) is 5.20. The van der Waals surface area contributed by atoms with Gasteiger partial charge in [0, 0.05) is 16.1 Å². The summed E-state index contributed by atoms with van der Waals surface area (Å²) in [6.45, 7) is 1.94. The van der Waals surface area contributed by atoms with Crippen LogP contribution >= 0.6 is 27.5 Å². The van der Waals surface area contributed by atoms with Crippen LogP contribution in [0.5, 0.6) is 0 Å². The van der Waals surface area contributed by atoms with Crippen molar-refractivity contribution in [1.29, 1.82) is 0 Å². The van der Waals surface area contributed by atoms with E-state index in [0.29, 0.717) is 21.5 Å². The Morgan fingerprint density at radius 2 is 2.16 bits per heavy atom. The van der Waals surface area contributed by atoms with Crippen molar-refractivity contribution in [2.24, 2.45) is 0 Å². The number of carboxylic acids is 1. The highest BCUT2D eigenvalue weighted by molar-refractivity contribution is 9.10. The molecule has 1 aromatic rings. The molecule has 104 valence electrons. The maximum absolute atomic E-state index is 12.0. The molecule has 2 N–H and O–H groups in total. The summed E-state index contributed by atoms with van der Waals surface area (Å²) < 4.78 is 0.632. The number of nitrogens with one attached hydrogen (secondary N) is 1. The first-order valence-corrected chi connectivity index (χ1v) is 7.08. The zero-order valence-corrected chi connectivity index (χ0v) is 12.8.